The van der Waals surface area contributed by atoms with Crippen molar-refractivity contribution in [2.24, 2.45) is 10.7 Å². The quantitative estimate of drug-likeness (QED) is 0.447. The second-order valence-corrected chi connectivity index (χ2v) is 5.38. The number of hydrogen-bond donors (Lipinski definition) is 2. The first-order chi connectivity index (χ1) is 12.3. The highest BCUT2D eigenvalue weighted by atomic mass is 19.4. The number of aryl methyl sites for hydroxylation is 1. The minimum absolute atomic E-state index is 0.0138. The van der Waals surface area contributed by atoms with Gasteiger partial charge in [0.15, 0.2) is 11.7 Å². The van der Waals surface area contributed by atoms with Crippen molar-refractivity contribution in [3.63, 3.8) is 0 Å². The van der Waals surface area contributed by atoms with E-state index in [-0.39, 0.29) is 23.0 Å². The Kier molecular flexibility index (Phi) is 6.65. The van der Waals surface area contributed by atoms with E-state index >= 15 is 0 Å². The number of alkyl halides is 3. The molecule has 2 aromatic rings. The average molecular weight is 368 g/mol. The summed E-state index contributed by atoms with van der Waals surface area (Å²) >= 11 is 0. The number of halogens is 3. The van der Waals surface area contributed by atoms with Gasteiger partial charge in [0.2, 0.25) is 5.56 Å². The molecule has 0 aliphatic rings. The number of guanidine groups is 1. The van der Waals surface area contributed by atoms with E-state index in [1.165, 1.54) is 24.3 Å². The number of ether oxygens (including phenoxy) is 1. The van der Waals surface area contributed by atoms with Crippen LogP contribution in [-0.4, -0.2) is 23.4 Å². The van der Waals surface area contributed by atoms with Crippen LogP contribution in [0.15, 0.2) is 58.4 Å². The monoisotopic (exact) mass is 368 g/mol. The van der Waals surface area contributed by atoms with Gasteiger partial charge in [-0.25, -0.2) is 0 Å². The highest BCUT2D eigenvalue weighted by Gasteiger charge is 2.32. The number of rotatable bonds is 7. The van der Waals surface area contributed by atoms with Crippen molar-refractivity contribution in [3.05, 3.63) is 59.0 Å². The Morgan fingerprint density at radius 1 is 1.15 bits per heavy atom. The summed E-state index contributed by atoms with van der Waals surface area (Å²) in [5.74, 6) is -0.401. The van der Waals surface area contributed by atoms with Crippen molar-refractivity contribution in [1.82, 2.24) is 4.57 Å². The summed E-state index contributed by atoms with van der Waals surface area (Å²) in [6.45, 7) is 0.938. The van der Waals surface area contributed by atoms with Crippen LogP contribution in [0.4, 0.5) is 18.9 Å². The molecule has 1 aromatic heterocycles. The highest BCUT2D eigenvalue weighted by molar-refractivity contribution is 5.93. The fourth-order valence-corrected chi connectivity index (χ4v) is 2.20. The first-order valence-electron chi connectivity index (χ1n) is 7.92. The third-order valence-electron chi connectivity index (χ3n) is 3.36. The number of aromatic nitrogens is 1. The van der Waals surface area contributed by atoms with Crippen LogP contribution in [0, 0.1) is 0 Å². The number of benzene rings is 1. The molecule has 0 radical (unpaired) electrons. The molecule has 1 aromatic carbocycles. The second-order valence-electron chi connectivity index (χ2n) is 5.38. The molecule has 26 heavy (non-hydrogen) atoms. The zero-order valence-corrected chi connectivity index (χ0v) is 13.9. The second kappa shape index (κ2) is 8.93. The van der Waals surface area contributed by atoms with Crippen LogP contribution < -0.4 is 21.3 Å². The molecule has 140 valence electrons. The number of nitrogens with zero attached hydrogens (tertiary/aromatic N) is 2. The van der Waals surface area contributed by atoms with Crippen molar-refractivity contribution >= 4 is 11.6 Å². The maximum Gasteiger partial charge on any atom is 0.573 e. The third-order valence-corrected chi connectivity index (χ3v) is 3.36. The molecule has 2 rings (SSSR count). The van der Waals surface area contributed by atoms with Crippen molar-refractivity contribution < 1.29 is 17.9 Å². The molecular weight excluding hydrogens is 349 g/mol. The summed E-state index contributed by atoms with van der Waals surface area (Å²) in [7, 11) is 0. The molecule has 0 atom stereocenters. The summed E-state index contributed by atoms with van der Waals surface area (Å²) in [5.41, 5.74) is 5.70. The van der Waals surface area contributed by atoms with Crippen molar-refractivity contribution in [1.29, 1.82) is 0 Å². The predicted octanol–water partition coefficient (Wildman–Crippen LogP) is 2.95. The first kappa shape index (κ1) is 19.4. The SMILES string of the molecule is NC(=NCCCCn1ccccc1=O)Nc1ccccc1OC(F)(F)F. The molecule has 0 amide bonds. The molecular formula is C17H19F3N4O2. The standard InChI is InChI=1S/C17H19F3N4O2/c18-17(19,20)26-14-8-2-1-7-13(14)23-16(21)22-10-4-6-12-24-11-5-3-9-15(24)25/h1-3,5,7-9,11H,4,6,10,12H2,(H3,21,22,23). The minimum Gasteiger partial charge on any atom is -0.404 e. The Balaban J connectivity index is 1.83. The van der Waals surface area contributed by atoms with E-state index in [2.05, 4.69) is 15.0 Å². The molecule has 0 fully saturated rings. The molecule has 0 unspecified atom stereocenters. The molecule has 1 heterocycles. The molecule has 6 nitrogen and oxygen atoms in total. The Labute approximate surface area is 148 Å². The maximum absolute atomic E-state index is 12.4. The average Bonchev–Trinajstić information content (AvgIpc) is 2.56. The highest BCUT2D eigenvalue weighted by Crippen LogP contribution is 2.29. The minimum atomic E-state index is -4.79. The Morgan fingerprint density at radius 2 is 1.88 bits per heavy atom. The summed E-state index contributed by atoms with van der Waals surface area (Å²) in [6.07, 6.45) is -1.70. The number of para-hydroxylation sites is 2. The topological polar surface area (TPSA) is 81.6 Å². The van der Waals surface area contributed by atoms with E-state index in [1.807, 2.05) is 0 Å². The van der Waals surface area contributed by atoms with E-state index in [1.54, 1.807) is 29.0 Å². The molecule has 9 heteroatoms. The number of nitrogens with one attached hydrogen (secondary N) is 1. The summed E-state index contributed by atoms with van der Waals surface area (Å²) < 4.78 is 42.7. The largest absolute Gasteiger partial charge is 0.573 e. The van der Waals surface area contributed by atoms with Crippen LogP contribution >= 0.6 is 0 Å². The summed E-state index contributed by atoms with van der Waals surface area (Å²) in [6, 6.07) is 10.5. The van der Waals surface area contributed by atoms with Crippen LogP contribution in [0.3, 0.4) is 0 Å². The van der Waals surface area contributed by atoms with Crippen molar-refractivity contribution in [2.75, 3.05) is 11.9 Å². The Morgan fingerprint density at radius 3 is 2.62 bits per heavy atom. The first-order valence-corrected chi connectivity index (χ1v) is 7.92. The lowest BCUT2D eigenvalue weighted by molar-refractivity contribution is -0.274. The third kappa shape index (κ3) is 6.50. The lowest BCUT2D eigenvalue weighted by Crippen LogP contribution is -2.24. The van der Waals surface area contributed by atoms with Gasteiger partial charge in [-0.2, -0.15) is 0 Å². The zero-order valence-electron chi connectivity index (χ0n) is 13.9. The summed E-state index contributed by atoms with van der Waals surface area (Å²) in [5, 5.41) is 2.60. The predicted molar refractivity (Wildman–Crippen MR) is 93.2 cm³/mol. The Hall–Kier alpha value is -2.97. The van der Waals surface area contributed by atoms with Crippen LogP contribution in [-0.2, 0) is 6.54 Å². The van der Waals surface area contributed by atoms with Gasteiger partial charge in [0.25, 0.3) is 0 Å². The van der Waals surface area contributed by atoms with Crippen LogP contribution in [0.2, 0.25) is 0 Å². The van der Waals surface area contributed by atoms with Crippen LogP contribution in [0.5, 0.6) is 5.75 Å². The van der Waals surface area contributed by atoms with E-state index < -0.39 is 6.36 Å². The van der Waals surface area contributed by atoms with E-state index in [4.69, 9.17) is 5.73 Å². The molecule has 0 spiro atoms. The molecule has 0 saturated heterocycles. The van der Waals surface area contributed by atoms with Crippen molar-refractivity contribution in [3.8, 4) is 5.75 Å². The van der Waals surface area contributed by atoms with E-state index in [0.29, 0.717) is 25.9 Å². The Bertz CT molecular complexity index is 803. The fourth-order valence-electron chi connectivity index (χ4n) is 2.20. The van der Waals surface area contributed by atoms with Gasteiger partial charge >= 0.3 is 6.36 Å². The van der Waals surface area contributed by atoms with Gasteiger partial charge in [0, 0.05) is 25.4 Å². The van der Waals surface area contributed by atoms with Crippen LogP contribution in [0.25, 0.3) is 0 Å². The smallest absolute Gasteiger partial charge is 0.404 e. The normalized spacial score (nSPS) is 12.0. The van der Waals surface area contributed by atoms with Gasteiger partial charge in [-0.3, -0.25) is 9.79 Å². The molecule has 0 bridgehead atoms. The van der Waals surface area contributed by atoms with Crippen LogP contribution in [0.1, 0.15) is 12.8 Å². The fraction of sp³-hybridized carbons (Fsp3) is 0.294. The molecule has 0 aliphatic carbocycles. The van der Waals surface area contributed by atoms with Crippen molar-refractivity contribution in [2.45, 2.75) is 25.7 Å². The lowest BCUT2D eigenvalue weighted by Gasteiger charge is -2.14. The van der Waals surface area contributed by atoms with Gasteiger partial charge in [-0.05, 0) is 31.0 Å². The summed E-state index contributed by atoms with van der Waals surface area (Å²) in [4.78, 5) is 15.6. The number of hydrogen-bond acceptors (Lipinski definition) is 3. The van der Waals surface area contributed by atoms with Gasteiger partial charge in [-0.15, -0.1) is 13.2 Å². The van der Waals surface area contributed by atoms with E-state index in [9.17, 15) is 18.0 Å². The maximum atomic E-state index is 12.4. The van der Waals surface area contributed by atoms with Gasteiger partial charge in [0.1, 0.15) is 0 Å². The zero-order chi connectivity index (χ0) is 19.0. The number of anilines is 1. The van der Waals surface area contributed by atoms with Gasteiger partial charge < -0.3 is 20.4 Å². The van der Waals surface area contributed by atoms with E-state index in [0.717, 1.165) is 0 Å². The number of nitrogens with two attached hydrogens (primary N) is 1. The molecule has 0 saturated carbocycles. The number of unbranched alkanes of at least 4 members (excludes halogenated alkanes) is 1. The van der Waals surface area contributed by atoms with Gasteiger partial charge in [0.05, 0.1) is 5.69 Å². The molecule has 3 N–H and O–H groups in total. The number of pyridine rings is 1. The number of aliphatic imine (C=N–C) groups is 1. The lowest BCUT2D eigenvalue weighted by atomic mass is 10.3. The van der Waals surface area contributed by atoms with Gasteiger partial charge in [-0.1, -0.05) is 18.2 Å². The molecule has 0 aliphatic heterocycles.